The summed E-state index contributed by atoms with van der Waals surface area (Å²) in [5.41, 5.74) is 1.50. The monoisotopic (exact) mass is 208 g/mol. The molecule has 1 aromatic rings. The first kappa shape index (κ1) is 8.72. The van der Waals surface area contributed by atoms with Crippen LogP contribution in [0.4, 0.5) is 0 Å². The van der Waals surface area contributed by atoms with Gasteiger partial charge in [-0.1, -0.05) is 0 Å². The fourth-order valence-electron chi connectivity index (χ4n) is 2.30. The summed E-state index contributed by atoms with van der Waals surface area (Å²) in [7, 11) is 0. The molecular weight excluding hydrogens is 192 g/mol. The Morgan fingerprint density at radius 3 is 2.86 bits per heavy atom. The third-order valence-corrected chi connectivity index (χ3v) is 4.42. The van der Waals surface area contributed by atoms with Gasteiger partial charge >= 0.3 is 0 Å². The van der Waals surface area contributed by atoms with E-state index in [1.54, 1.807) is 11.3 Å². The van der Waals surface area contributed by atoms with Crippen molar-refractivity contribution >= 4 is 11.3 Å². The standard InChI is InChI=1S/C11H16N2S/c12-11-13(7-8-5-6-8)9-3-1-2-4-10(9)14-11/h8,12H,1-7H2. The summed E-state index contributed by atoms with van der Waals surface area (Å²) in [4.78, 5) is 2.30. The molecule has 0 spiro atoms. The minimum absolute atomic E-state index is 0.795. The van der Waals surface area contributed by atoms with Gasteiger partial charge in [0.25, 0.3) is 0 Å². The van der Waals surface area contributed by atoms with Crippen LogP contribution in [0.5, 0.6) is 0 Å². The summed E-state index contributed by atoms with van der Waals surface area (Å²) in [5.74, 6) is 0.893. The quantitative estimate of drug-likeness (QED) is 0.773. The van der Waals surface area contributed by atoms with E-state index in [2.05, 4.69) is 4.57 Å². The van der Waals surface area contributed by atoms with Crippen LogP contribution in [0.25, 0.3) is 0 Å². The highest BCUT2D eigenvalue weighted by atomic mass is 32.1. The first-order chi connectivity index (χ1) is 6.84. The van der Waals surface area contributed by atoms with E-state index in [1.807, 2.05) is 0 Å². The fourth-order valence-corrected chi connectivity index (χ4v) is 3.41. The number of nitrogens with zero attached hydrogens (tertiary/aromatic N) is 1. The van der Waals surface area contributed by atoms with Crippen LogP contribution in [0.1, 0.15) is 36.3 Å². The van der Waals surface area contributed by atoms with E-state index in [0.717, 1.165) is 17.3 Å². The maximum absolute atomic E-state index is 7.97. The number of hydrogen-bond donors (Lipinski definition) is 1. The number of nitrogens with one attached hydrogen (secondary N) is 1. The van der Waals surface area contributed by atoms with E-state index in [1.165, 1.54) is 49.1 Å². The van der Waals surface area contributed by atoms with Crippen LogP contribution in [0.3, 0.4) is 0 Å². The zero-order valence-electron chi connectivity index (χ0n) is 8.38. The first-order valence-corrected chi connectivity index (χ1v) is 6.42. The van der Waals surface area contributed by atoms with Gasteiger partial charge in [-0.15, -0.1) is 11.3 Å². The van der Waals surface area contributed by atoms with Gasteiger partial charge in [-0.25, -0.2) is 0 Å². The second-order valence-electron chi connectivity index (χ2n) is 4.54. The Bertz CT molecular complexity index is 398. The average molecular weight is 208 g/mol. The predicted molar refractivity (Wildman–Crippen MR) is 57.5 cm³/mol. The lowest BCUT2D eigenvalue weighted by Crippen LogP contribution is -2.18. The molecule has 0 atom stereocenters. The Kier molecular flexibility index (Phi) is 2.01. The van der Waals surface area contributed by atoms with Crippen LogP contribution in [-0.4, -0.2) is 4.57 Å². The maximum Gasteiger partial charge on any atom is 0.182 e. The molecule has 14 heavy (non-hydrogen) atoms. The van der Waals surface area contributed by atoms with Crippen molar-refractivity contribution in [3.63, 3.8) is 0 Å². The molecule has 1 heterocycles. The normalized spacial score (nSPS) is 20.9. The second-order valence-corrected chi connectivity index (χ2v) is 5.62. The van der Waals surface area contributed by atoms with Crippen LogP contribution in [0.15, 0.2) is 0 Å². The average Bonchev–Trinajstić information content (AvgIpc) is 2.93. The highest BCUT2D eigenvalue weighted by Gasteiger charge is 2.25. The van der Waals surface area contributed by atoms with E-state index in [0.29, 0.717) is 0 Å². The van der Waals surface area contributed by atoms with Gasteiger partial charge in [-0.2, -0.15) is 0 Å². The van der Waals surface area contributed by atoms with Crippen molar-refractivity contribution in [1.29, 1.82) is 5.41 Å². The Balaban J connectivity index is 1.98. The van der Waals surface area contributed by atoms with Crippen LogP contribution in [0.2, 0.25) is 0 Å². The molecule has 1 saturated carbocycles. The molecule has 3 heteroatoms. The summed E-state index contributed by atoms with van der Waals surface area (Å²) in [6, 6.07) is 0. The van der Waals surface area contributed by atoms with Crippen LogP contribution >= 0.6 is 11.3 Å². The fraction of sp³-hybridized carbons (Fsp3) is 0.727. The lowest BCUT2D eigenvalue weighted by atomic mass is 10.0. The van der Waals surface area contributed by atoms with E-state index in [4.69, 9.17) is 5.41 Å². The van der Waals surface area contributed by atoms with E-state index >= 15 is 0 Å². The van der Waals surface area contributed by atoms with Gasteiger partial charge in [0.1, 0.15) is 0 Å². The Hall–Kier alpha value is -0.570. The number of fused-ring (bicyclic) bond motifs is 1. The molecule has 0 amide bonds. The lowest BCUT2D eigenvalue weighted by Gasteiger charge is -2.13. The Morgan fingerprint density at radius 2 is 2.07 bits per heavy atom. The summed E-state index contributed by atoms with van der Waals surface area (Å²) < 4.78 is 2.29. The Labute approximate surface area is 88.1 Å². The highest BCUT2D eigenvalue weighted by Crippen LogP contribution is 2.32. The maximum atomic E-state index is 7.97. The molecule has 0 radical (unpaired) electrons. The molecule has 3 rings (SSSR count). The van der Waals surface area contributed by atoms with Crippen LogP contribution < -0.4 is 4.80 Å². The van der Waals surface area contributed by atoms with E-state index in [9.17, 15) is 0 Å². The number of hydrogen-bond acceptors (Lipinski definition) is 2. The zero-order valence-corrected chi connectivity index (χ0v) is 9.20. The van der Waals surface area contributed by atoms with Crippen molar-refractivity contribution in [1.82, 2.24) is 4.57 Å². The lowest BCUT2D eigenvalue weighted by molar-refractivity contribution is 0.553. The van der Waals surface area contributed by atoms with E-state index in [-0.39, 0.29) is 0 Å². The van der Waals surface area contributed by atoms with Gasteiger partial charge in [0.2, 0.25) is 0 Å². The zero-order chi connectivity index (χ0) is 9.54. The first-order valence-electron chi connectivity index (χ1n) is 5.60. The van der Waals surface area contributed by atoms with Gasteiger partial charge in [0.05, 0.1) is 0 Å². The molecule has 0 saturated heterocycles. The topological polar surface area (TPSA) is 28.8 Å². The van der Waals surface area contributed by atoms with Crippen molar-refractivity contribution in [3.05, 3.63) is 15.4 Å². The number of aryl methyl sites for hydroxylation is 1. The predicted octanol–water partition coefficient (Wildman–Crippen LogP) is 2.32. The third kappa shape index (κ3) is 1.44. The van der Waals surface area contributed by atoms with Gasteiger partial charge in [-0.3, -0.25) is 5.41 Å². The molecule has 76 valence electrons. The van der Waals surface area contributed by atoms with Crippen molar-refractivity contribution in [2.24, 2.45) is 5.92 Å². The minimum Gasteiger partial charge on any atom is -0.321 e. The molecule has 2 aliphatic carbocycles. The van der Waals surface area contributed by atoms with Crippen molar-refractivity contribution < 1.29 is 0 Å². The van der Waals surface area contributed by atoms with Gasteiger partial charge < -0.3 is 4.57 Å². The van der Waals surface area contributed by atoms with Gasteiger partial charge in [0.15, 0.2) is 4.80 Å². The van der Waals surface area contributed by atoms with Crippen molar-refractivity contribution in [2.75, 3.05) is 0 Å². The van der Waals surface area contributed by atoms with Crippen LogP contribution in [-0.2, 0) is 19.4 Å². The summed E-state index contributed by atoms with van der Waals surface area (Å²) in [5, 5.41) is 7.97. The van der Waals surface area contributed by atoms with E-state index < -0.39 is 0 Å². The molecule has 2 nitrogen and oxygen atoms in total. The number of thiazole rings is 1. The summed E-state index contributed by atoms with van der Waals surface area (Å²) in [6.07, 6.45) is 7.87. The number of aromatic nitrogens is 1. The molecule has 0 aliphatic heterocycles. The molecule has 2 aliphatic rings. The molecule has 1 aromatic heterocycles. The molecule has 0 bridgehead atoms. The van der Waals surface area contributed by atoms with Gasteiger partial charge in [-0.05, 0) is 44.4 Å². The largest absolute Gasteiger partial charge is 0.321 e. The summed E-state index contributed by atoms with van der Waals surface area (Å²) >= 11 is 1.72. The molecule has 1 fully saturated rings. The van der Waals surface area contributed by atoms with Crippen molar-refractivity contribution in [2.45, 2.75) is 45.1 Å². The highest BCUT2D eigenvalue weighted by molar-refractivity contribution is 7.09. The molecule has 0 aromatic carbocycles. The van der Waals surface area contributed by atoms with Crippen molar-refractivity contribution in [3.8, 4) is 0 Å². The second kappa shape index (κ2) is 3.23. The van der Waals surface area contributed by atoms with Gasteiger partial charge in [0, 0.05) is 17.1 Å². The molecular formula is C11H16N2S. The molecule has 0 unspecified atom stereocenters. The minimum atomic E-state index is 0.795. The Morgan fingerprint density at radius 1 is 1.29 bits per heavy atom. The van der Waals surface area contributed by atoms with Crippen LogP contribution in [0, 0.1) is 11.3 Å². The number of rotatable bonds is 2. The summed E-state index contributed by atoms with van der Waals surface area (Å²) in [6.45, 7) is 1.13. The smallest absolute Gasteiger partial charge is 0.182 e. The third-order valence-electron chi connectivity index (χ3n) is 3.32. The molecule has 1 N–H and O–H groups in total. The SMILES string of the molecule is N=c1sc2c(n1CC1CC1)CCCC2.